The van der Waals surface area contributed by atoms with E-state index in [0.717, 1.165) is 30.5 Å². The van der Waals surface area contributed by atoms with E-state index in [-0.39, 0.29) is 6.42 Å². The minimum Gasteiger partial charge on any atom is -0.320 e. The van der Waals surface area contributed by atoms with Crippen LogP contribution in [0.1, 0.15) is 22.0 Å². The third kappa shape index (κ3) is 3.78. The Bertz CT molecular complexity index is 542. The summed E-state index contributed by atoms with van der Waals surface area (Å²) in [6, 6.07) is 4.19. The van der Waals surface area contributed by atoms with Crippen LogP contribution in [0.25, 0.3) is 0 Å². The van der Waals surface area contributed by atoms with Gasteiger partial charge in [-0.1, -0.05) is 12.1 Å². The summed E-state index contributed by atoms with van der Waals surface area (Å²) < 4.78 is 26.6. The summed E-state index contributed by atoms with van der Waals surface area (Å²) in [6.45, 7) is 0.924. The Morgan fingerprint density at radius 1 is 1.21 bits per heavy atom. The molecule has 0 unspecified atom stereocenters. The predicted molar refractivity (Wildman–Crippen MR) is 71.3 cm³/mol. The second kappa shape index (κ2) is 6.68. The maximum absolute atomic E-state index is 13.5. The minimum absolute atomic E-state index is 0.285. The molecule has 0 radical (unpaired) electrons. The summed E-state index contributed by atoms with van der Waals surface area (Å²) in [5.41, 5.74) is 0.318. The topological polar surface area (TPSA) is 37.8 Å². The molecule has 3 nitrogen and oxygen atoms in total. The first-order chi connectivity index (χ1) is 9.20. The zero-order valence-electron chi connectivity index (χ0n) is 10.6. The number of aryl methyl sites for hydroxylation is 1. The lowest BCUT2D eigenvalue weighted by molar-refractivity contribution is 0.500. The Balaban J connectivity index is 2.01. The molecule has 0 saturated heterocycles. The molecule has 19 heavy (non-hydrogen) atoms. The lowest BCUT2D eigenvalue weighted by atomic mass is 10.1. The maximum Gasteiger partial charge on any atom is 0.162 e. The molecule has 0 aliphatic heterocycles. The SMILES string of the molecule is CNCCCc1nnc(Cc2cccc(F)c2F)s1. The molecule has 0 bridgehead atoms. The van der Waals surface area contributed by atoms with Crippen LogP contribution in [0, 0.1) is 11.6 Å². The first kappa shape index (κ1) is 14.0. The smallest absolute Gasteiger partial charge is 0.162 e. The molecule has 1 N–H and O–H groups in total. The van der Waals surface area contributed by atoms with E-state index in [2.05, 4.69) is 15.5 Å². The van der Waals surface area contributed by atoms with Crippen LogP contribution in [-0.4, -0.2) is 23.8 Å². The van der Waals surface area contributed by atoms with E-state index in [1.165, 1.54) is 17.4 Å². The molecule has 0 spiro atoms. The average Bonchev–Trinajstić information content (AvgIpc) is 2.83. The molecule has 0 fully saturated rings. The first-order valence-corrected chi connectivity index (χ1v) is 6.91. The van der Waals surface area contributed by atoms with Crippen molar-refractivity contribution in [3.63, 3.8) is 0 Å². The minimum atomic E-state index is -0.823. The molecule has 1 heterocycles. The number of hydrogen-bond acceptors (Lipinski definition) is 4. The fourth-order valence-electron chi connectivity index (χ4n) is 1.73. The number of rotatable bonds is 6. The largest absolute Gasteiger partial charge is 0.320 e. The quantitative estimate of drug-likeness (QED) is 0.828. The van der Waals surface area contributed by atoms with Crippen molar-refractivity contribution in [2.24, 2.45) is 0 Å². The molecule has 1 aromatic heterocycles. The van der Waals surface area contributed by atoms with Gasteiger partial charge in [-0.25, -0.2) is 8.78 Å². The van der Waals surface area contributed by atoms with E-state index in [1.54, 1.807) is 6.07 Å². The van der Waals surface area contributed by atoms with Crippen LogP contribution in [0.4, 0.5) is 8.78 Å². The molecule has 102 valence electrons. The van der Waals surface area contributed by atoms with Crippen LogP contribution in [0.5, 0.6) is 0 Å². The molecule has 0 aliphatic rings. The number of nitrogens with zero attached hydrogens (tertiary/aromatic N) is 2. The Kier molecular flexibility index (Phi) is 4.93. The number of aromatic nitrogens is 2. The van der Waals surface area contributed by atoms with Crippen LogP contribution in [0.3, 0.4) is 0 Å². The molecule has 2 aromatic rings. The summed E-state index contributed by atoms with van der Waals surface area (Å²) in [7, 11) is 1.90. The summed E-state index contributed by atoms with van der Waals surface area (Å²) >= 11 is 1.45. The normalized spacial score (nSPS) is 10.9. The van der Waals surface area contributed by atoms with E-state index >= 15 is 0 Å². The van der Waals surface area contributed by atoms with Crippen LogP contribution >= 0.6 is 11.3 Å². The van der Waals surface area contributed by atoms with Crippen molar-refractivity contribution in [2.75, 3.05) is 13.6 Å². The van der Waals surface area contributed by atoms with Crippen molar-refractivity contribution < 1.29 is 8.78 Å². The van der Waals surface area contributed by atoms with Crippen LogP contribution in [0.15, 0.2) is 18.2 Å². The third-order valence-electron chi connectivity index (χ3n) is 2.70. The van der Waals surface area contributed by atoms with Crippen LogP contribution in [-0.2, 0) is 12.8 Å². The van der Waals surface area contributed by atoms with Gasteiger partial charge in [0.25, 0.3) is 0 Å². The monoisotopic (exact) mass is 283 g/mol. The van der Waals surface area contributed by atoms with E-state index in [1.807, 2.05) is 7.05 Å². The molecule has 1 aromatic carbocycles. The Labute approximate surface area is 114 Å². The van der Waals surface area contributed by atoms with Gasteiger partial charge in [0, 0.05) is 12.8 Å². The van der Waals surface area contributed by atoms with Gasteiger partial charge < -0.3 is 5.32 Å². The third-order valence-corrected chi connectivity index (χ3v) is 3.68. The Morgan fingerprint density at radius 3 is 2.79 bits per heavy atom. The van der Waals surface area contributed by atoms with Gasteiger partial charge in [-0.2, -0.15) is 0 Å². The van der Waals surface area contributed by atoms with Crippen molar-refractivity contribution in [3.05, 3.63) is 45.4 Å². The van der Waals surface area contributed by atoms with E-state index < -0.39 is 11.6 Å². The highest BCUT2D eigenvalue weighted by Gasteiger charge is 2.11. The zero-order valence-corrected chi connectivity index (χ0v) is 11.4. The lowest BCUT2D eigenvalue weighted by Gasteiger charge is -2.00. The second-order valence-electron chi connectivity index (χ2n) is 4.19. The number of halogens is 2. The molecule has 0 amide bonds. The highest BCUT2D eigenvalue weighted by Crippen LogP contribution is 2.19. The van der Waals surface area contributed by atoms with Gasteiger partial charge >= 0.3 is 0 Å². The predicted octanol–water partition coefficient (Wildman–Crippen LogP) is 2.56. The van der Waals surface area contributed by atoms with E-state index in [9.17, 15) is 8.78 Å². The average molecular weight is 283 g/mol. The lowest BCUT2D eigenvalue weighted by Crippen LogP contribution is -2.08. The van der Waals surface area contributed by atoms with Gasteiger partial charge in [0.05, 0.1) is 0 Å². The molecule has 0 saturated carbocycles. The number of hydrogen-bond donors (Lipinski definition) is 1. The van der Waals surface area contributed by atoms with Gasteiger partial charge in [-0.05, 0) is 31.6 Å². The van der Waals surface area contributed by atoms with Gasteiger partial charge in [0.1, 0.15) is 10.0 Å². The molecule has 0 atom stereocenters. The Hall–Kier alpha value is -1.40. The zero-order chi connectivity index (χ0) is 13.7. The number of benzene rings is 1. The highest BCUT2D eigenvalue weighted by molar-refractivity contribution is 7.11. The van der Waals surface area contributed by atoms with E-state index in [4.69, 9.17) is 0 Å². The van der Waals surface area contributed by atoms with Crippen molar-refractivity contribution in [1.29, 1.82) is 0 Å². The highest BCUT2D eigenvalue weighted by atomic mass is 32.1. The summed E-state index contributed by atoms with van der Waals surface area (Å²) in [6.07, 6.45) is 2.12. The van der Waals surface area contributed by atoms with Crippen molar-refractivity contribution >= 4 is 11.3 Å². The maximum atomic E-state index is 13.5. The molecule has 0 aliphatic carbocycles. The molecular weight excluding hydrogens is 268 g/mol. The van der Waals surface area contributed by atoms with Gasteiger partial charge in [0.2, 0.25) is 0 Å². The Morgan fingerprint density at radius 2 is 2.00 bits per heavy atom. The van der Waals surface area contributed by atoms with Gasteiger partial charge in [-0.15, -0.1) is 21.5 Å². The molecule has 6 heteroatoms. The van der Waals surface area contributed by atoms with Crippen LogP contribution < -0.4 is 5.32 Å². The first-order valence-electron chi connectivity index (χ1n) is 6.09. The van der Waals surface area contributed by atoms with Crippen LogP contribution in [0.2, 0.25) is 0 Å². The van der Waals surface area contributed by atoms with E-state index in [0.29, 0.717) is 10.6 Å². The summed E-state index contributed by atoms with van der Waals surface area (Å²) in [5, 5.41) is 12.8. The summed E-state index contributed by atoms with van der Waals surface area (Å²) in [5.74, 6) is -1.62. The number of nitrogens with one attached hydrogen (secondary N) is 1. The van der Waals surface area contributed by atoms with Gasteiger partial charge in [-0.3, -0.25) is 0 Å². The van der Waals surface area contributed by atoms with Crippen molar-refractivity contribution in [1.82, 2.24) is 15.5 Å². The standard InChI is InChI=1S/C13H15F2N3S/c1-16-7-3-6-11-17-18-12(19-11)8-9-4-2-5-10(14)13(9)15/h2,4-5,16H,3,6-8H2,1H3. The second-order valence-corrected chi connectivity index (χ2v) is 5.33. The fraction of sp³-hybridized carbons (Fsp3) is 0.385. The summed E-state index contributed by atoms with van der Waals surface area (Å²) in [4.78, 5) is 0. The fourth-order valence-corrected chi connectivity index (χ4v) is 2.63. The van der Waals surface area contributed by atoms with Crippen molar-refractivity contribution in [3.8, 4) is 0 Å². The van der Waals surface area contributed by atoms with Crippen molar-refractivity contribution in [2.45, 2.75) is 19.3 Å². The van der Waals surface area contributed by atoms with Gasteiger partial charge in [0.15, 0.2) is 11.6 Å². The molecular formula is C13H15F2N3S. The molecule has 2 rings (SSSR count).